The highest BCUT2D eigenvalue weighted by molar-refractivity contribution is 6.30. The Bertz CT molecular complexity index is 676. The van der Waals surface area contributed by atoms with Crippen LogP contribution in [0.5, 0.6) is 17.2 Å². The van der Waals surface area contributed by atoms with E-state index >= 15 is 0 Å². The SMILES string of the molecule is CNCc1cc(F)c(Cl)cc1Oc1cccc2c1CCO2. The second-order valence-electron chi connectivity index (χ2n) is 4.84. The van der Waals surface area contributed by atoms with Gasteiger partial charge in [0.2, 0.25) is 0 Å². The zero-order chi connectivity index (χ0) is 14.8. The third-order valence-electron chi connectivity index (χ3n) is 3.39. The molecule has 0 amide bonds. The molecule has 2 aromatic carbocycles. The highest BCUT2D eigenvalue weighted by Crippen LogP contribution is 2.37. The molecule has 1 N–H and O–H groups in total. The molecule has 1 aliphatic heterocycles. The van der Waals surface area contributed by atoms with Crippen LogP contribution in [0.1, 0.15) is 11.1 Å². The minimum absolute atomic E-state index is 0.0497. The first-order chi connectivity index (χ1) is 10.2. The standard InChI is InChI=1S/C16H15ClFNO2/c1-19-9-10-7-13(18)12(17)8-16(10)21-15-4-2-3-14-11(15)5-6-20-14/h2-4,7-8,19H,5-6,9H2,1H3. The molecule has 5 heteroatoms. The molecule has 0 aromatic heterocycles. The summed E-state index contributed by atoms with van der Waals surface area (Å²) in [5.74, 6) is 1.67. The van der Waals surface area contributed by atoms with Crippen molar-refractivity contribution in [1.82, 2.24) is 5.32 Å². The molecule has 0 atom stereocenters. The van der Waals surface area contributed by atoms with E-state index in [1.165, 1.54) is 12.1 Å². The van der Waals surface area contributed by atoms with Crippen molar-refractivity contribution < 1.29 is 13.9 Å². The molecule has 0 saturated carbocycles. The van der Waals surface area contributed by atoms with Gasteiger partial charge in [0.05, 0.1) is 11.6 Å². The fraction of sp³-hybridized carbons (Fsp3) is 0.250. The lowest BCUT2D eigenvalue weighted by Crippen LogP contribution is -2.07. The monoisotopic (exact) mass is 307 g/mol. The first kappa shape index (κ1) is 14.2. The Balaban J connectivity index is 1.98. The van der Waals surface area contributed by atoms with E-state index in [1.807, 2.05) is 18.2 Å². The molecular weight excluding hydrogens is 293 g/mol. The van der Waals surface area contributed by atoms with Crippen LogP contribution in [-0.2, 0) is 13.0 Å². The Labute approximate surface area is 127 Å². The molecule has 0 aliphatic carbocycles. The number of benzene rings is 2. The van der Waals surface area contributed by atoms with Gasteiger partial charge in [-0.25, -0.2) is 4.39 Å². The Morgan fingerprint density at radius 2 is 2.19 bits per heavy atom. The molecule has 0 fully saturated rings. The lowest BCUT2D eigenvalue weighted by Gasteiger charge is -2.14. The molecule has 21 heavy (non-hydrogen) atoms. The molecule has 0 radical (unpaired) electrons. The molecule has 1 heterocycles. The normalized spacial score (nSPS) is 12.9. The Kier molecular flexibility index (Phi) is 3.99. The summed E-state index contributed by atoms with van der Waals surface area (Å²) in [4.78, 5) is 0. The molecule has 0 bridgehead atoms. The Hall–Kier alpha value is -1.78. The summed E-state index contributed by atoms with van der Waals surface area (Å²) >= 11 is 5.87. The van der Waals surface area contributed by atoms with Crippen LogP contribution in [0.2, 0.25) is 5.02 Å². The fourth-order valence-electron chi connectivity index (χ4n) is 2.40. The largest absolute Gasteiger partial charge is 0.493 e. The molecule has 110 valence electrons. The lowest BCUT2D eigenvalue weighted by molar-refractivity contribution is 0.357. The zero-order valence-corrected chi connectivity index (χ0v) is 12.3. The molecule has 0 unspecified atom stereocenters. The number of hydrogen-bond donors (Lipinski definition) is 1. The van der Waals surface area contributed by atoms with Crippen molar-refractivity contribution in [3.8, 4) is 17.2 Å². The maximum Gasteiger partial charge on any atom is 0.142 e. The molecule has 0 spiro atoms. The van der Waals surface area contributed by atoms with Gasteiger partial charge in [0.1, 0.15) is 23.1 Å². The summed E-state index contributed by atoms with van der Waals surface area (Å²) < 4.78 is 25.1. The van der Waals surface area contributed by atoms with Gasteiger partial charge in [0.15, 0.2) is 0 Å². The predicted molar refractivity (Wildman–Crippen MR) is 79.9 cm³/mol. The van der Waals surface area contributed by atoms with Crippen LogP contribution in [0.4, 0.5) is 4.39 Å². The van der Waals surface area contributed by atoms with Gasteiger partial charge in [-0.15, -0.1) is 0 Å². The van der Waals surface area contributed by atoms with Gasteiger partial charge in [-0.2, -0.15) is 0 Å². The molecule has 0 saturated heterocycles. The Morgan fingerprint density at radius 3 is 3.00 bits per heavy atom. The van der Waals surface area contributed by atoms with E-state index < -0.39 is 5.82 Å². The van der Waals surface area contributed by atoms with Crippen LogP contribution < -0.4 is 14.8 Å². The minimum Gasteiger partial charge on any atom is -0.493 e. The van der Waals surface area contributed by atoms with Gasteiger partial charge < -0.3 is 14.8 Å². The number of hydrogen-bond acceptors (Lipinski definition) is 3. The summed E-state index contributed by atoms with van der Waals surface area (Å²) in [6, 6.07) is 8.59. The smallest absolute Gasteiger partial charge is 0.142 e. The predicted octanol–water partition coefficient (Wildman–Crippen LogP) is 3.93. The maximum atomic E-state index is 13.6. The number of halogens is 2. The maximum absolute atomic E-state index is 13.6. The molecule has 1 aliphatic rings. The van der Waals surface area contributed by atoms with Crippen LogP contribution in [-0.4, -0.2) is 13.7 Å². The van der Waals surface area contributed by atoms with Crippen molar-refractivity contribution in [3.05, 3.63) is 52.3 Å². The number of ether oxygens (including phenoxy) is 2. The van der Waals surface area contributed by atoms with Gasteiger partial charge in [-0.05, 0) is 25.2 Å². The van der Waals surface area contributed by atoms with E-state index in [0.29, 0.717) is 18.9 Å². The van der Waals surface area contributed by atoms with Gasteiger partial charge in [0, 0.05) is 30.2 Å². The van der Waals surface area contributed by atoms with Crippen LogP contribution in [0.25, 0.3) is 0 Å². The zero-order valence-electron chi connectivity index (χ0n) is 11.6. The topological polar surface area (TPSA) is 30.5 Å². The van der Waals surface area contributed by atoms with Crippen LogP contribution in [0.15, 0.2) is 30.3 Å². The van der Waals surface area contributed by atoms with E-state index in [0.717, 1.165) is 29.0 Å². The van der Waals surface area contributed by atoms with Gasteiger partial charge in [-0.1, -0.05) is 17.7 Å². The molecule has 3 rings (SSSR count). The quantitative estimate of drug-likeness (QED) is 0.928. The number of nitrogens with one attached hydrogen (secondary N) is 1. The second kappa shape index (κ2) is 5.92. The fourth-order valence-corrected chi connectivity index (χ4v) is 2.55. The summed E-state index contributed by atoms with van der Waals surface area (Å²) in [5, 5.41) is 3.04. The van der Waals surface area contributed by atoms with E-state index in [4.69, 9.17) is 21.1 Å². The number of fused-ring (bicyclic) bond motifs is 1. The average molecular weight is 308 g/mol. The van der Waals surface area contributed by atoms with E-state index in [1.54, 1.807) is 7.05 Å². The third kappa shape index (κ3) is 2.82. The van der Waals surface area contributed by atoms with Crippen LogP contribution in [0, 0.1) is 5.82 Å². The Morgan fingerprint density at radius 1 is 1.33 bits per heavy atom. The van der Waals surface area contributed by atoms with E-state index in [2.05, 4.69) is 5.32 Å². The summed E-state index contributed by atoms with van der Waals surface area (Å²) in [5.41, 5.74) is 1.75. The lowest BCUT2D eigenvalue weighted by atomic mass is 10.1. The summed E-state index contributed by atoms with van der Waals surface area (Å²) in [6.45, 7) is 1.15. The average Bonchev–Trinajstić information content (AvgIpc) is 2.94. The van der Waals surface area contributed by atoms with Gasteiger partial charge >= 0.3 is 0 Å². The first-order valence-corrected chi connectivity index (χ1v) is 7.12. The van der Waals surface area contributed by atoms with E-state index in [-0.39, 0.29) is 5.02 Å². The summed E-state index contributed by atoms with van der Waals surface area (Å²) in [7, 11) is 1.80. The number of rotatable bonds is 4. The molecule has 3 nitrogen and oxygen atoms in total. The van der Waals surface area contributed by atoms with Gasteiger partial charge in [-0.3, -0.25) is 0 Å². The van der Waals surface area contributed by atoms with Crippen molar-refractivity contribution in [2.45, 2.75) is 13.0 Å². The van der Waals surface area contributed by atoms with Crippen molar-refractivity contribution >= 4 is 11.6 Å². The highest BCUT2D eigenvalue weighted by Gasteiger charge is 2.18. The second-order valence-corrected chi connectivity index (χ2v) is 5.24. The van der Waals surface area contributed by atoms with Crippen LogP contribution in [0.3, 0.4) is 0 Å². The molecular formula is C16H15ClFNO2. The van der Waals surface area contributed by atoms with Crippen molar-refractivity contribution in [2.75, 3.05) is 13.7 Å². The first-order valence-electron chi connectivity index (χ1n) is 6.74. The third-order valence-corrected chi connectivity index (χ3v) is 3.68. The summed E-state index contributed by atoms with van der Waals surface area (Å²) in [6.07, 6.45) is 0.807. The van der Waals surface area contributed by atoms with Crippen LogP contribution >= 0.6 is 11.6 Å². The van der Waals surface area contributed by atoms with Crippen molar-refractivity contribution in [1.29, 1.82) is 0 Å². The van der Waals surface area contributed by atoms with Crippen molar-refractivity contribution in [3.63, 3.8) is 0 Å². The van der Waals surface area contributed by atoms with Crippen molar-refractivity contribution in [2.24, 2.45) is 0 Å². The minimum atomic E-state index is -0.448. The van der Waals surface area contributed by atoms with Gasteiger partial charge in [0.25, 0.3) is 0 Å². The molecule has 2 aromatic rings. The van der Waals surface area contributed by atoms with E-state index in [9.17, 15) is 4.39 Å². The highest BCUT2D eigenvalue weighted by atomic mass is 35.5.